The summed E-state index contributed by atoms with van der Waals surface area (Å²) < 4.78 is 2.19. The van der Waals surface area contributed by atoms with E-state index in [1.807, 2.05) is 36.8 Å². The molecule has 3 heteroatoms. The molecule has 0 saturated heterocycles. The third kappa shape index (κ3) is 4.34. The molecule has 1 aromatic heterocycles. The van der Waals surface area contributed by atoms with E-state index in [0.29, 0.717) is 11.5 Å². The molecule has 0 N–H and O–H groups in total. The zero-order chi connectivity index (χ0) is 20.9. The fraction of sp³-hybridized carbons (Fsp3) is 0.185. The molecule has 0 aliphatic rings. The van der Waals surface area contributed by atoms with E-state index in [2.05, 4.69) is 78.0 Å². The van der Waals surface area contributed by atoms with Gasteiger partial charge in [0.15, 0.2) is 0 Å². The predicted molar refractivity (Wildman–Crippen MR) is 121 cm³/mol. The summed E-state index contributed by atoms with van der Waals surface area (Å²) in [5, 5.41) is 8.96. The van der Waals surface area contributed by atoms with Crippen molar-refractivity contribution in [1.29, 1.82) is 5.26 Å². The van der Waals surface area contributed by atoms with Crippen LogP contribution in [0, 0.1) is 11.3 Å². The number of rotatable bonds is 6. The van der Waals surface area contributed by atoms with Gasteiger partial charge in [0, 0.05) is 24.9 Å². The summed E-state index contributed by atoms with van der Waals surface area (Å²) in [6.45, 7) is 5.26. The molecule has 0 unspecified atom stereocenters. The number of imidazole rings is 1. The van der Waals surface area contributed by atoms with E-state index in [-0.39, 0.29) is 0 Å². The predicted octanol–water partition coefficient (Wildman–Crippen LogP) is 6.18. The van der Waals surface area contributed by atoms with Crippen LogP contribution >= 0.6 is 0 Å². The van der Waals surface area contributed by atoms with E-state index >= 15 is 0 Å². The zero-order valence-corrected chi connectivity index (χ0v) is 17.4. The van der Waals surface area contributed by atoms with Crippen LogP contribution in [0.25, 0.3) is 11.1 Å². The molecule has 0 atom stereocenters. The molecule has 0 spiro atoms. The maximum atomic E-state index is 8.96. The minimum atomic E-state index is 0.497. The monoisotopic (exact) mass is 391 g/mol. The van der Waals surface area contributed by atoms with Gasteiger partial charge in [-0.3, -0.25) is 0 Å². The van der Waals surface area contributed by atoms with Gasteiger partial charge in [0.1, 0.15) is 0 Å². The Bertz CT molecular complexity index is 1160. The van der Waals surface area contributed by atoms with Crippen LogP contribution in [0.5, 0.6) is 0 Å². The van der Waals surface area contributed by atoms with Crippen molar-refractivity contribution in [3.63, 3.8) is 0 Å². The third-order valence-electron chi connectivity index (χ3n) is 5.47. The Labute approximate surface area is 178 Å². The molecular formula is C27H25N3. The molecule has 148 valence electrons. The largest absolute Gasteiger partial charge is 0.330 e. The summed E-state index contributed by atoms with van der Waals surface area (Å²) in [7, 11) is 0. The van der Waals surface area contributed by atoms with Crippen molar-refractivity contribution in [3.05, 3.63) is 113 Å². The highest BCUT2D eigenvalue weighted by molar-refractivity contribution is 5.68. The molecule has 4 rings (SSSR count). The van der Waals surface area contributed by atoms with Crippen LogP contribution in [0.4, 0.5) is 0 Å². The van der Waals surface area contributed by atoms with Crippen LogP contribution in [0.15, 0.2) is 85.3 Å². The Kier molecular flexibility index (Phi) is 5.77. The molecule has 0 saturated carbocycles. The molecule has 0 fully saturated rings. The van der Waals surface area contributed by atoms with Crippen molar-refractivity contribution in [2.45, 2.75) is 32.7 Å². The SMILES string of the molecule is CC(C)c1ccccc1-c1ccc(Cn2cncc2Cc2ccc(C#N)cc2)cc1. The maximum Gasteiger partial charge on any atom is 0.0991 e. The van der Waals surface area contributed by atoms with Crippen LogP contribution in [-0.2, 0) is 13.0 Å². The van der Waals surface area contributed by atoms with Crippen LogP contribution in [0.1, 0.15) is 47.7 Å². The van der Waals surface area contributed by atoms with E-state index in [4.69, 9.17) is 5.26 Å². The quantitative estimate of drug-likeness (QED) is 0.393. The Hall–Kier alpha value is -3.64. The number of hydrogen-bond acceptors (Lipinski definition) is 2. The van der Waals surface area contributed by atoms with Crippen LogP contribution in [0.2, 0.25) is 0 Å². The smallest absolute Gasteiger partial charge is 0.0991 e. The molecule has 30 heavy (non-hydrogen) atoms. The number of nitriles is 1. The highest BCUT2D eigenvalue weighted by Gasteiger charge is 2.09. The van der Waals surface area contributed by atoms with Gasteiger partial charge in [-0.05, 0) is 45.9 Å². The lowest BCUT2D eigenvalue weighted by atomic mass is 9.92. The van der Waals surface area contributed by atoms with Gasteiger partial charge in [-0.15, -0.1) is 0 Å². The van der Waals surface area contributed by atoms with Crippen LogP contribution in [-0.4, -0.2) is 9.55 Å². The summed E-state index contributed by atoms with van der Waals surface area (Å²) >= 11 is 0. The summed E-state index contributed by atoms with van der Waals surface area (Å²) in [4.78, 5) is 4.35. The first kappa shape index (κ1) is 19.7. The summed E-state index contributed by atoms with van der Waals surface area (Å²) in [6.07, 6.45) is 4.61. The highest BCUT2D eigenvalue weighted by Crippen LogP contribution is 2.29. The van der Waals surface area contributed by atoms with Crippen molar-refractivity contribution in [3.8, 4) is 17.2 Å². The van der Waals surface area contributed by atoms with Crippen molar-refractivity contribution in [1.82, 2.24) is 9.55 Å². The van der Waals surface area contributed by atoms with E-state index in [9.17, 15) is 0 Å². The molecule has 0 bridgehead atoms. The summed E-state index contributed by atoms with van der Waals surface area (Å²) in [6, 6.07) is 27.4. The lowest BCUT2D eigenvalue weighted by molar-refractivity contribution is 0.753. The number of benzene rings is 3. The number of aromatic nitrogens is 2. The molecule has 0 radical (unpaired) electrons. The average Bonchev–Trinajstić information content (AvgIpc) is 3.21. The van der Waals surface area contributed by atoms with E-state index in [1.54, 1.807) is 0 Å². The fourth-order valence-electron chi connectivity index (χ4n) is 3.79. The first-order valence-electron chi connectivity index (χ1n) is 10.3. The topological polar surface area (TPSA) is 41.6 Å². The molecule has 0 aliphatic carbocycles. The van der Waals surface area contributed by atoms with Crippen molar-refractivity contribution < 1.29 is 0 Å². The second kappa shape index (κ2) is 8.80. The first-order chi connectivity index (χ1) is 14.6. The fourth-order valence-corrected chi connectivity index (χ4v) is 3.79. The average molecular weight is 392 g/mol. The summed E-state index contributed by atoms with van der Waals surface area (Å²) in [5.74, 6) is 0.497. The Balaban J connectivity index is 1.51. The Morgan fingerprint density at radius 3 is 2.30 bits per heavy atom. The highest BCUT2D eigenvalue weighted by atomic mass is 15.0. The lowest BCUT2D eigenvalue weighted by Gasteiger charge is -2.14. The molecular weight excluding hydrogens is 366 g/mol. The number of hydrogen-bond donors (Lipinski definition) is 0. The summed E-state index contributed by atoms with van der Waals surface area (Å²) in [5.41, 5.74) is 8.22. The van der Waals surface area contributed by atoms with Crippen molar-refractivity contribution in [2.24, 2.45) is 0 Å². The van der Waals surface area contributed by atoms with Gasteiger partial charge in [-0.1, -0.05) is 74.5 Å². The minimum Gasteiger partial charge on any atom is -0.330 e. The second-order valence-corrected chi connectivity index (χ2v) is 7.94. The maximum absolute atomic E-state index is 8.96. The third-order valence-corrected chi connectivity index (χ3v) is 5.47. The van der Waals surface area contributed by atoms with Crippen LogP contribution < -0.4 is 0 Å². The van der Waals surface area contributed by atoms with Crippen molar-refractivity contribution in [2.75, 3.05) is 0 Å². The molecule has 1 heterocycles. The molecule has 3 nitrogen and oxygen atoms in total. The Morgan fingerprint density at radius 1 is 0.900 bits per heavy atom. The van der Waals surface area contributed by atoms with E-state index in [1.165, 1.54) is 27.8 Å². The lowest BCUT2D eigenvalue weighted by Crippen LogP contribution is -2.04. The van der Waals surface area contributed by atoms with E-state index < -0.39 is 0 Å². The first-order valence-corrected chi connectivity index (χ1v) is 10.3. The zero-order valence-electron chi connectivity index (χ0n) is 17.4. The van der Waals surface area contributed by atoms with Gasteiger partial charge in [0.05, 0.1) is 18.0 Å². The molecule has 3 aromatic carbocycles. The Morgan fingerprint density at radius 2 is 1.60 bits per heavy atom. The molecule has 4 aromatic rings. The van der Waals surface area contributed by atoms with Crippen molar-refractivity contribution >= 4 is 0 Å². The van der Waals surface area contributed by atoms with Gasteiger partial charge in [0.2, 0.25) is 0 Å². The van der Waals surface area contributed by atoms with Gasteiger partial charge in [-0.25, -0.2) is 4.98 Å². The second-order valence-electron chi connectivity index (χ2n) is 7.94. The normalized spacial score (nSPS) is 10.9. The molecule has 0 aliphatic heterocycles. The standard InChI is InChI=1S/C27H25N3/c1-20(2)26-5-3-4-6-27(26)24-13-11-23(12-14-24)18-30-19-29-17-25(30)15-21-7-9-22(16-28)10-8-21/h3-14,17,19-20H,15,18H2,1-2H3. The van der Waals surface area contributed by atoms with Gasteiger partial charge in [0.25, 0.3) is 0 Å². The number of nitrogens with zero attached hydrogens (tertiary/aromatic N) is 3. The van der Waals surface area contributed by atoms with Crippen LogP contribution in [0.3, 0.4) is 0 Å². The van der Waals surface area contributed by atoms with Gasteiger partial charge in [-0.2, -0.15) is 5.26 Å². The minimum absolute atomic E-state index is 0.497. The molecule has 0 amide bonds. The van der Waals surface area contributed by atoms with Gasteiger partial charge >= 0.3 is 0 Å². The van der Waals surface area contributed by atoms with E-state index in [0.717, 1.165) is 18.7 Å². The van der Waals surface area contributed by atoms with Gasteiger partial charge < -0.3 is 4.57 Å².